The molecule has 1 saturated heterocycles. The molecular formula is C21H28N4O5. The number of anilines is 2. The monoisotopic (exact) mass is 416 g/mol. The minimum atomic E-state index is -0.386. The van der Waals surface area contributed by atoms with Crippen LogP contribution in [0.3, 0.4) is 0 Å². The molecule has 1 aliphatic heterocycles. The lowest BCUT2D eigenvalue weighted by molar-refractivity contribution is -0.117. The summed E-state index contributed by atoms with van der Waals surface area (Å²) in [5.74, 6) is 2.29. The van der Waals surface area contributed by atoms with Gasteiger partial charge in [0, 0.05) is 37.0 Å². The van der Waals surface area contributed by atoms with Crippen molar-refractivity contribution in [1.29, 1.82) is 0 Å². The van der Waals surface area contributed by atoms with Gasteiger partial charge in [-0.1, -0.05) is 6.92 Å². The first-order valence-corrected chi connectivity index (χ1v) is 9.88. The third-order valence-corrected chi connectivity index (χ3v) is 5.20. The Balaban J connectivity index is 1.75. The van der Waals surface area contributed by atoms with Crippen molar-refractivity contribution in [3.8, 4) is 17.2 Å². The van der Waals surface area contributed by atoms with Gasteiger partial charge in [0.2, 0.25) is 11.7 Å². The first-order valence-electron chi connectivity index (χ1n) is 9.88. The summed E-state index contributed by atoms with van der Waals surface area (Å²) in [6.45, 7) is 3.82. The smallest absolute Gasteiger partial charge is 0.267 e. The van der Waals surface area contributed by atoms with Gasteiger partial charge in [0.05, 0.1) is 21.3 Å². The molecule has 2 aromatic rings. The number of carbonyl (C=O) groups excluding carboxylic acids is 1. The number of nitrogens with one attached hydrogen (secondary N) is 1. The van der Waals surface area contributed by atoms with Gasteiger partial charge in [-0.05, 0) is 24.8 Å². The minimum Gasteiger partial charge on any atom is -0.493 e. The van der Waals surface area contributed by atoms with Gasteiger partial charge in [0.15, 0.2) is 11.5 Å². The zero-order valence-electron chi connectivity index (χ0n) is 17.8. The highest BCUT2D eigenvalue weighted by molar-refractivity contribution is 5.91. The zero-order valence-corrected chi connectivity index (χ0v) is 17.8. The lowest BCUT2D eigenvalue weighted by atomic mass is 9.99. The van der Waals surface area contributed by atoms with E-state index in [1.165, 1.54) is 32.1 Å². The number of ether oxygens (including phenoxy) is 3. The maximum absolute atomic E-state index is 12.6. The van der Waals surface area contributed by atoms with Crippen molar-refractivity contribution in [3.63, 3.8) is 0 Å². The summed E-state index contributed by atoms with van der Waals surface area (Å²) in [5, 5.41) is 7.15. The normalized spacial score (nSPS) is 14.3. The largest absolute Gasteiger partial charge is 0.493 e. The molecule has 0 atom stereocenters. The van der Waals surface area contributed by atoms with Gasteiger partial charge in [-0.25, -0.2) is 4.68 Å². The molecule has 1 N–H and O–H groups in total. The number of hydrogen-bond donors (Lipinski definition) is 1. The number of carbonyl (C=O) groups is 1. The van der Waals surface area contributed by atoms with Gasteiger partial charge in [0.25, 0.3) is 5.56 Å². The number of aromatic nitrogens is 2. The second kappa shape index (κ2) is 9.51. The van der Waals surface area contributed by atoms with E-state index in [2.05, 4.69) is 22.2 Å². The van der Waals surface area contributed by atoms with Crippen molar-refractivity contribution < 1.29 is 19.0 Å². The summed E-state index contributed by atoms with van der Waals surface area (Å²) in [7, 11) is 4.51. The van der Waals surface area contributed by atoms with Crippen LogP contribution in [-0.4, -0.2) is 50.1 Å². The molecule has 1 aromatic heterocycles. The Morgan fingerprint density at radius 3 is 2.30 bits per heavy atom. The molecule has 3 rings (SSSR count). The van der Waals surface area contributed by atoms with E-state index in [-0.39, 0.29) is 18.0 Å². The van der Waals surface area contributed by atoms with E-state index < -0.39 is 0 Å². The molecule has 1 fully saturated rings. The van der Waals surface area contributed by atoms with Crippen molar-refractivity contribution in [2.75, 3.05) is 44.6 Å². The van der Waals surface area contributed by atoms with Gasteiger partial charge in [-0.2, -0.15) is 5.10 Å². The highest BCUT2D eigenvalue weighted by Gasteiger charge is 2.19. The van der Waals surface area contributed by atoms with Crippen LogP contribution in [0.2, 0.25) is 0 Å². The Kier molecular flexibility index (Phi) is 6.81. The number of piperidine rings is 1. The number of hydrogen-bond acceptors (Lipinski definition) is 7. The van der Waals surface area contributed by atoms with E-state index in [0.717, 1.165) is 25.9 Å². The number of benzene rings is 1. The zero-order chi connectivity index (χ0) is 21.7. The van der Waals surface area contributed by atoms with Crippen molar-refractivity contribution in [2.24, 2.45) is 5.92 Å². The molecule has 30 heavy (non-hydrogen) atoms. The quantitative estimate of drug-likeness (QED) is 0.739. The fourth-order valence-electron chi connectivity index (χ4n) is 3.45. The highest BCUT2D eigenvalue weighted by Crippen LogP contribution is 2.39. The predicted molar refractivity (Wildman–Crippen MR) is 114 cm³/mol. The maximum Gasteiger partial charge on any atom is 0.267 e. The summed E-state index contributed by atoms with van der Waals surface area (Å²) in [5.41, 5.74) is 0.132. The van der Waals surface area contributed by atoms with Gasteiger partial charge in [-0.3, -0.25) is 9.59 Å². The standard InChI is InChI=1S/C21H28N4O5/c1-14-7-9-24(10-8-14)18-5-6-20(27)25(23-18)13-19(26)22-15-11-16(28-2)21(30-4)17(12-15)29-3/h5-6,11-12,14H,7-10,13H2,1-4H3,(H,22,26). The molecular weight excluding hydrogens is 388 g/mol. The van der Waals surface area contributed by atoms with E-state index in [1.54, 1.807) is 18.2 Å². The SMILES string of the molecule is COc1cc(NC(=O)Cn2nc(N3CCC(C)CC3)ccc2=O)cc(OC)c1OC. The molecule has 2 heterocycles. The first kappa shape index (κ1) is 21.5. The van der Waals surface area contributed by atoms with Crippen LogP contribution in [0.25, 0.3) is 0 Å². The average molecular weight is 416 g/mol. The number of methoxy groups -OCH3 is 3. The second-order valence-electron chi connectivity index (χ2n) is 7.32. The predicted octanol–water partition coefficient (Wildman–Crippen LogP) is 2.14. The summed E-state index contributed by atoms with van der Waals surface area (Å²) in [4.78, 5) is 27.0. The number of nitrogens with zero attached hydrogens (tertiary/aromatic N) is 3. The van der Waals surface area contributed by atoms with Crippen LogP contribution in [0.1, 0.15) is 19.8 Å². The van der Waals surface area contributed by atoms with Crippen LogP contribution in [-0.2, 0) is 11.3 Å². The van der Waals surface area contributed by atoms with E-state index >= 15 is 0 Å². The van der Waals surface area contributed by atoms with Crippen molar-refractivity contribution >= 4 is 17.4 Å². The van der Waals surface area contributed by atoms with Crippen molar-refractivity contribution in [2.45, 2.75) is 26.3 Å². The maximum atomic E-state index is 12.6. The highest BCUT2D eigenvalue weighted by atomic mass is 16.5. The van der Waals surface area contributed by atoms with Gasteiger partial charge >= 0.3 is 0 Å². The third-order valence-electron chi connectivity index (χ3n) is 5.20. The lowest BCUT2D eigenvalue weighted by Gasteiger charge is -2.31. The molecule has 0 aliphatic carbocycles. The average Bonchev–Trinajstić information content (AvgIpc) is 2.75. The topological polar surface area (TPSA) is 94.9 Å². The fraction of sp³-hybridized carbons (Fsp3) is 0.476. The van der Waals surface area contributed by atoms with Crippen LogP contribution in [0.4, 0.5) is 11.5 Å². The fourth-order valence-corrected chi connectivity index (χ4v) is 3.45. The molecule has 1 aromatic carbocycles. The Labute approximate surface area is 175 Å². The van der Waals surface area contributed by atoms with Crippen LogP contribution in [0.5, 0.6) is 17.2 Å². The van der Waals surface area contributed by atoms with Crippen LogP contribution >= 0.6 is 0 Å². The van der Waals surface area contributed by atoms with E-state index in [0.29, 0.717) is 34.7 Å². The van der Waals surface area contributed by atoms with E-state index in [4.69, 9.17) is 14.2 Å². The Morgan fingerprint density at radius 1 is 1.10 bits per heavy atom. The van der Waals surface area contributed by atoms with Gasteiger partial charge < -0.3 is 24.4 Å². The summed E-state index contributed by atoms with van der Waals surface area (Å²) >= 11 is 0. The molecule has 1 amide bonds. The molecule has 1 aliphatic rings. The van der Waals surface area contributed by atoms with Crippen LogP contribution < -0.4 is 30.0 Å². The van der Waals surface area contributed by atoms with Crippen molar-refractivity contribution in [3.05, 3.63) is 34.6 Å². The second-order valence-corrected chi connectivity index (χ2v) is 7.32. The lowest BCUT2D eigenvalue weighted by Crippen LogP contribution is -2.36. The summed E-state index contributed by atoms with van der Waals surface area (Å²) in [6, 6.07) is 6.42. The van der Waals surface area contributed by atoms with E-state index in [9.17, 15) is 9.59 Å². The molecule has 0 unspecified atom stereocenters. The van der Waals surface area contributed by atoms with E-state index in [1.807, 2.05) is 0 Å². The Bertz CT molecular complexity index is 926. The number of rotatable bonds is 7. The van der Waals surface area contributed by atoms with Gasteiger partial charge in [0.1, 0.15) is 12.4 Å². The van der Waals surface area contributed by atoms with Crippen LogP contribution in [0, 0.1) is 5.92 Å². The van der Waals surface area contributed by atoms with Crippen LogP contribution in [0.15, 0.2) is 29.1 Å². The summed E-state index contributed by atoms with van der Waals surface area (Å²) < 4.78 is 17.1. The molecule has 0 bridgehead atoms. The van der Waals surface area contributed by atoms with Crippen molar-refractivity contribution in [1.82, 2.24) is 9.78 Å². The number of amides is 1. The summed E-state index contributed by atoms with van der Waals surface area (Å²) in [6.07, 6.45) is 2.17. The molecule has 0 saturated carbocycles. The Morgan fingerprint density at radius 2 is 1.73 bits per heavy atom. The third kappa shape index (κ3) is 4.84. The molecule has 9 heteroatoms. The molecule has 0 radical (unpaired) electrons. The molecule has 162 valence electrons. The molecule has 9 nitrogen and oxygen atoms in total. The van der Waals surface area contributed by atoms with Gasteiger partial charge in [-0.15, -0.1) is 0 Å². The molecule has 0 spiro atoms. The first-order chi connectivity index (χ1) is 14.4. The minimum absolute atomic E-state index is 0.201. The Hall–Kier alpha value is -3.23.